The van der Waals surface area contributed by atoms with E-state index in [0.717, 1.165) is 0 Å². The maximum absolute atomic E-state index is 13.5. The van der Waals surface area contributed by atoms with Gasteiger partial charge in [-0.15, -0.1) is 0 Å². The molecule has 20 heavy (non-hydrogen) atoms. The Morgan fingerprint density at radius 2 is 2.20 bits per heavy atom. The number of amides is 1. The molecule has 1 amide bonds. The minimum absolute atomic E-state index is 0.244. The van der Waals surface area contributed by atoms with Crippen LogP contribution in [0.15, 0.2) is 18.2 Å². The van der Waals surface area contributed by atoms with E-state index < -0.39 is 5.41 Å². The van der Waals surface area contributed by atoms with E-state index in [1.807, 2.05) is 6.92 Å². The minimum atomic E-state index is -0.892. The molecule has 4 heteroatoms. The summed E-state index contributed by atoms with van der Waals surface area (Å²) in [6.07, 6.45) is 1.20. The number of rotatable bonds is 3. The SMILES string of the molecule is Cc1ccc(C(C)NC(=O)C2(C#N)CC(C)C2)cc1F. The van der Waals surface area contributed by atoms with Gasteiger partial charge in [0.05, 0.1) is 12.1 Å². The van der Waals surface area contributed by atoms with Gasteiger partial charge in [0, 0.05) is 0 Å². The zero-order valence-corrected chi connectivity index (χ0v) is 12.0. The van der Waals surface area contributed by atoms with E-state index in [4.69, 9.17) is 0 Å². The predicted molar refractivity (Wildman–Crippen MR) is 74.1 cm³/mol. The van der Waals surface area contributed by atoms with Crippen LogP contribution in [0.3, 0.4) is 0 Å². The van der Waals surface area contributed by atoms with E-state index in [2.05, 4.69) is 11.4 Å². The van der Waals surface area contributed by atoms with Crippen molar-refractivity contribution in [1.29, 1.82) is 5.26 Å². The second-order valence-corrected chi connectivity index (χ2v) is 5.91. The molecule has 0 bridgehead atoms. The van der Waals surface area contributed by atoms with Crippen LogP contribution in [0.4, 0.5) is 4.39 Å². The fourth-order valence-corrected chi connectivity index (χ4v) is 2.75. The van der Waals surface area contributed by atoms with Gasteiger partial charge < -0.3 is 5.32 Å². The number of halogens is 1. The third-order valence-corrected chi connectivity index (χ3v) is 4.09. The summed E-state index contributed by atoms with van der Waals surface area (Å²) >= 11 is 0. The molecular formula is C16H19FN2O. The fraction of sp³-hybridized carbons (Fsp3) is 0.500. The lowest BCUT2D eigenvalue weighted by atomic mass is 9.63. The van der Waals surface area contributed by atoms with Crippen molar-refractivity contribution in [2.45, 2.75) is 39.7 Å². The zero-order chi connectivity index (χ0) is 14.9. The van der Waals surface area contributed by atoms with Crippen LogP contribution in [0, 0.1) is 35.4 Å². The molecule has 0 saturated heterocycles. The van der Waals surface area contributed by atoms with Crippen molar-refractivity contribution in [3.63, 3.8) is 0 Å². The molecule has 1 unspecified atom stereocenters. The lowest BCUT2D eigenvalue weighted by Gasteiger charge is -2.39. The number of nitriles is 1. The van der Waals surface area contributed by atoms with Crippen LogP contribution in [0.1, 0.15) is 43.9 Å². The lowest BCUT2D eigenvalue weighted by Crippen LogP contribution is -2.48. The van der Waals surface area contributed by atoms with Gasteiger partial charge in [-0.05, 0) is 49.8 Å². The predicted octanol–water partition coefficient (Wildman–Crippen LogP) is 3.25. The quantitative estimate of drug-likeness (QED) is 0.919. The Morgan fingerprint density at radius 3 is 2.70 bits per heavy atom. The molecule has 0 heterocycles. The van der Waals surface area contributed by atoms with E-state index >= 15 is 0 Å². The van der Waals surface area contributed by atoms with Crippen molar-refractivity contribution in [3.05, 3.63) is 35.1 Å². The summed E-state index contributed by atoms with van der Waals surface area (Å²) in [5.41, 5.74) is 0.396. The van der Waals surface area contributed by atoms with Crippen molar-refractivity contribution in [1.82, 2.24) is 5.32 Å². The van der Waals surface area contributed by atoms with Crippen molar-refractivity contribution < 1.29 is 9.18 Å². The van der Waals surface area contributed by atoms with Crippen LogP contribution in [-0.4, -0.2) is 5.91 Å². The van der Waals surface area contributed by atoms with Crippen LogP contribution in [0.5, 0.6) is 0 Å². The number of aryl methyl sites for hydroxylation is 1. The fourth-order valence-electron chi connectivity index (χ4n) is 2.75. The summed E-state index contributed by atoms with van der Waals surface area (Å²) in [7, 11) is 0. The highest BCUT2D eigenvalue weighted by molar-refractivity contribution is 5.86. The van der Waals surface area contributed by atoms with Crippen LogP contribution < -0.4 is 5.32 Å². The smallest absolute Gasteiger partial charge is 0.240 e. The third-order valence-electron chi connectivity index (χ3n) is 4.09. The maximum atomic E-state index is 13.5. The largest absolute Gasteiger partial charge is 0.348 e. The molecule has 0 aromatic heterocycles. The summed E-state index contributed by atoms with van der Waals surface area (Å²) in [5, 5.41) is 12.0. The molecule has 1 saturated carbocycles. The standard InChI is InChI=1S/C16H19FN2O/c1-10-7-16(8-10,9-18)15(20)19-12(3)13-5-4-11(2)14(17)6-13/h4-6,10,12H,7-8H2,1-3H3,(H,19,20). The van der Waals surface area contributed by atoms with E-state index in [0.29, 0.717) is 29.9 Å². The Morgan fingerprint density at radius 1 is 1.55 bits per heavy atom. The number of carbonyl (C=O) groups is 1. The van der Waals surface area contributed by atoms with Gasteiger partial charge in [-0.2, -0.15) is 5.26 Å². The summed E-state index contributed by atoms with van der Waals surface area (Å²) in [6, 6.07) is 6.75. The molecule has 2 rings (SSSR count). The Kier molecular flexibility index (Phi) is 3.80. The first-order valence-electron chi connectivity index (χ1n) is 6.86. The molecule has 0 spiro atoms. The summed E-state index contributed by atoms with van der Waals surface area (Å²) in [5.74, 6) is -0.116. The van der Waals surface area contributed by atoms with Gasteiger partial charge in [-0.3, -0.25) is 4.79 Å². The second-order valence-electron chi connectivity index (χ2n) is 5.91. The first-order chi connectivity index (χ1) is 9.38. The van der Waals surface area contributed by atoms with E-state index in [-0.39, 0.29) is 17.8 Å². The Bertz CT molecular complexity index is 570. The van der Waals surface area contributed by atoms with Crippen LogP contribution >= 0.6 is 0 Å². The van der Waals surface area contributed by atoms with Gasteiger partial charge in [-0.1, -0.05) is 19.1 Å². The number of hydrogen-bond donors (Lipinski definition) is 1. The van der Waals surface area contributed by atoms with Crippen molar-refractivity contribution in [2.24, 2.45) is 11.3 Å². The zero-order valence-electron chi connectivity index (χ0n) is 12.0. The Balaban J connectivity index is 2.08. The van der Waals surface area contributed by atoms with E-state index in [1.54, 1.807) is 26.0 Å². The number of hydrogen-bond acceptors (Lipinski definition) is 2. The van der Waals surface area contributed by atoms with Gasteiger partial charge in [-0.25, -0.2) is 4.39 Å². The van der Waals surface area contributed by atoms with E-state index in [9.17, 15) is 14.4 Å². The summed E-state index contributed by atoms with van der Waals surface area (Å²) in [4.78, 5) is 12.2. The van der Waals surface area contributed by atoms with Crippen molar-refractivity contribution in [2.75, 3.05) is 0 Å². The Hall–Kier alpha value is -1.89. The number of nitrogens with zero attached hydrogens (tertiary/aromatic N) is 1. The van der Waals surface area contributed by atoms with Crippen LogP contribution in [-0.2, 0) is 4.79 Å². The third kappa shape index (κ3) is 2.53. The molecule has 3 nitrogen and oxygen atoms in total. The van der Waals surface area contributed by atoms with Gasteiger partial charge in [0.1, 0.15) is 11.2 Å². The van der Waals surface area contributed by atoms with Crippen LogP contribution in [0.2, 0.25) is 0 Å². The monoisotopic (exact) mass is 274 g/mol. The van der Waals surface area contributed by atoms with Crippen molar-refractivity contribution in [3.8, 4) is 6.07 Å². The molecule has 0 aliphatic heterocycles. The number of benzene rings is 1. The molecule has 0 radical (unpaired) electrons. The average molecular weight is 274 g/mol. The molecule has 1 aromatic rings. The second kappa shape index (κ2) is 5.24. The minimum Gasteiger partial charge on any atom is -0.348 e. The molecule has 1 aliphatic rings. The summed E-state index contributed by atoms with van der Waals surface area (Å²) in [6.45, 7) is 5.53. The first-order valence-corrected chi connectivity index (χ1v) is 6.86. The summed E-state index contributed by atoms with van der Waals surface area (Å²) < 4.78 is 13.5. The number of nitrogens with one attached hydrogen (secondary N) is 1. The first kappa shape index (κ1) is 14.5. The Labute approximate surface area is 118 Å². The molecule has 1 atom stereocenters. The molecule has 1 N–H and O–H groups in total. The highest BCUT2D eigenvalue weighted by Crippen LogP contribution is 2.45. The normalized spacial score (nSPS) is 26.2. The highest BCUT2D eigenvalue weighted by atomic mass is 19.1. The maximum Gasteiger partial charge on any atom is 0.240 e. The highest BCUT2D eigenvalue weighted by Gasteiger charge is 2.49. The van der Waals surface area contributed by atoms with E-state index in [1.165, 1.54) is 6.07 Å². The van der Waals surface area contributed by atoms with Gasteiger partial charge in [0.2, 0.25) is 5.91 Å². The van der Waals surface area contributed by atoms with Gasteiger partial charge in [0.15, 0.2) is 0 Å². The molecule has 1 aromatic carbocycles. The molecule has 106 valence electrons. The topological polar surface area (TPSA) is 52.9 Å². The number of carbonyl (C=O) groups excluding carboxylic acids is 1. The van der Waals surface area contributed by atoms with Crippen molar-refractivity contribution >= 4 is 5.91 Å². The molecular weight excluding hydrogens is 255 g/mol. The molecule has 1 aliphatic carbocycles. The lowest BCUT2D eigenvalue weighted by molar-refractivity contribution is -0.134. The van der Waals surface area contributed by atoms with Gasteiger partial charge in [0.25, 0.3) is 0 Å². The van der Waals surface area contributed by atoms with Crippen LogP contribution in [0.25, 0.3) is 0 Å². The van der Waals surface area contributed by atoms with Gasteiger partial charge >= 0.3 is 0 Å². The molecule has 1 fully saturated rings. The average Bonchev–Trinajstić information content (AvgIpc) is 2.37.